The third-order valence-electron chi connectivity index (χ3n) is 6.18. The molecule has 0 saturated carbocycles. The molecule has 2 aromatic heterocycles. The van der Waals surface area contributed by atoms with E-state index in [4.69, 9.17) is 4.42 Å². The summed E-state index contributed by atoms with van der Waals surface area (Å²) in [6, 6.07) is 5.43. The van der Waals surface area contributed by atoms with Gasteiger partial charge in [-0.15, -0.1) is 0 Å². The number of hydrogen-bond donors (Lipinski definition) is 0. The van der Waals surface area contributed by atoms with Crippen molar-refractivity contribution in [2.45, 2.75) is 31.3 Å². The third kappa shape index (κ3) is 3.56. The Balaban J connectivity index is 1.47. The lowest BCUT2D eigenvalue weighted by Gasteiger charge is -2.49. The maximum atomic E-state index is 13.1. The molecule has 150 valence electrons. The smallest absolute Gasteiger partial charge is 0.289 e. The standard InChI is InChI=1S/C20H27N5O3/c1-22-11-8-20(7-6-18(22)26)15-24(13-12-23(20)2)19(27)17-5-4-16(28-17)14-25-10-3-9-21-25/h3-5,9-10H,6-8,11-15H2,1-2H3. The van der Waals surface area contributed by atoms with E-state index >= 15 is 0 Å². The van der Waals surface area contributed by atoms with Gasteiger partial charge in [0.05, 0.1) is 6.54 Å². The average Bonchev–Trinajstić information content (AvgIpc) is 3.35. The van der Waals surface area contributed by atoms with Gasteiger partial charge in [-0.3, -0.25) is 19.2 Å². The Bertz CT molecular complexity index is 846. The van der Waals surface area contributed by atoms with E-state index in [0.29, 0.717) is 37.6 Å². The Morgan fingerprint density at radius 3 is 2.86 bits per heavy atom. The molecule has 8 nitrogen and oxygen atoms in total. The van der Waals surface area contributed by atoms with Crippen LogP contribution in [0.15, 0.2) is 35.0 Å². The average molecular weight is 385 g/mol. The van der Waals surface area contributed by atoms with Crippen molar-refractivity contribution in [3.05, 3.63) is 42.1 Å². The second-order valence-electron chi connectivity index (χ2n) is 7.91. The second-order valence-corrected chi connectivity index (χ2v) is 7.91. The van der Waals surface area contributed by atoms with Crippen molar-refractivity contribution in [2.24, 2.45) is 0 Å². The molecule has 4 heterocycles. The monoisotopic (exact) mass is 385 g/mol. The quantitative estimate of drug-likeness (QED) is 0.796. The van der Waals surface area contributed by atoms with E-state index in [0.717, 1.165) is 25.9 Å². The van der Waals surface area contributed by atoms with Gasteiger partial charge in [-0.05, 0) is 38.1 Å². The molecule has 4 rings (SSSR count). The number of aromatic nitrogens is 2. The molecule has 0 radical (unpaired) electrons. The highest BCUT2D eigenvalue weighted by atomic mass is 16.4. The molecule has 0 bridgehead atoms. The SMILES string of the molecule is CN1CCC2(CCC1=O)CN(C(=O)c1ccc(Cn3cccn3)o1)CCN2C. The molecule has 2 aromatic rings. The first-order chi connectivity index (χ1) is 13.5. The Morgan fingerprint density at radius 2 is 2.07 bits per heavy atom. The van der Waals surface area contributed by atoms with Gasteiger partial charge >= 0.3 is 0 Å². The summed E-state index contributed by atoms with van der Waals surface area (Å²) in [5.41, 5.74) is -0.154. The van der Waals surface area contributed by atoms with Crippen molar-refractivity contribution in [3.8, 4) is 0 Å². The number of likely N-dealkylation sites (N-methyl/N-ethyl adjacent to an activating group) is 1. The van der Waals surface area contributed by atoms with Crippen LogP contribution in [0.5, 0.6) is 0 Å². The zero-order chi connectivity index (χ0) is 19.7. The maximum Gasteiger partial charge on any atom is 0.289 e. The molecule has 0 aromatic carbocycles. The molecular formula is C20H27N5O3. The van der Waals surface area contributed by atoms with Gasteiger partial charge in [-0.1, -0.05) is 0 Å². The molecule has 2 amide bonds. The van der Waals surface area contributed by atoms with Gasteiger partial charge in [0.1, 0.15) is 5.76 Å². The second kappa shape index (κ2) is 7.43. The lowest BCUT2D eigenvalue weighted by atomic mass is 9.86. The lowest BCUT2D eigenvalue weighted by Crippen LogP contribution is -2.62. The summed E-state index contributed by atoms with van der Waals surface area (Å²) in [6.45, 7) is 3.31. The van der Waals surface area contributed by atoms with Crippen LogP contribution in [0.4, 0.5) is 0 Å². The first kappa shape index (κ1) is 18.7. The van der Waals surface area contributed by atoms with E-state index in [9.17, 15) is 9.59 Å². The summed E-state index contributed by atoms with van der Waals surface area (Å²) in [4.78, 5) is 31.2. The molecule has 2 aliphatic heterocycles. The highest BCUT2D eigenvalue weighted by Crippen LogP contribution is 2.32. The van der Waals surface area contributed by atoms with Gasteiger partial charge in [-0.2, -0.15) is 5.10 Å². The molecule has 2 fully saturated rings. The van der Waals surface area contributed by atoms with Crippen LogP contribution in [0.2, 0.25) is 0 Å². The molecule has 2 saturated heterocycles. The van der Waals surface area contributed by atoms with Crippen LogP contribution in [-0.2, 0) is 11.3 Å². The molecular weight excluding hydrogens is 358 g/mol. The number of rotatable bonds is 3. The van der Waals surface area contributed by atoms with E-state index < -0.39 is 0 Å². The summed E-state index contributed by atoms with van der Waals surface area (Å²) in [5, 5.41) is 4.17. The van der Waals surface area contributed by atoms with Crippen molar-refractivity contribution < 1.29 is 14.0 Å². The number of piperazine rings is 1. The predicted octanol–water partition coefficient (Wildman–Crippen LogP) is 1.29. The fraction of sp³-hybridized carbons (Fsp3) is 0.550. The van der Waals surface area contributed by atoms with E-state index in [1.54, 1.807) is 21.8 Å². The highest BCUT2D eigenvalue weighted by Gasteiger charge is 2.43. The molecule has 0 aliphatic carbocycles. The van der Waals surface area contributed by atoms with Gasteiger partial charge in [0.25, 0.3) is 5.91 Å². The van der Waals surface area contributed by atoms with Gasteiger partial charge in [0, 0.05) is 57.6 Å². The highest BCUT2D eigenvalue weighted by molar-refractivity contribution is 5.91. The van der Waals surface area contributed by atoms with Crippen LogP contribution in [0.1, 0.15) is 35.6 Å². The topological polar surface area (TPSA) is 74.8 Å². The zero-order valence-corrected chi connectivity index (χ0v) is 16.5. The van der Waals surface area contributed by atoms with Gasteiger partial charge in [-0.25, -0.2) is 0 Å². The van der Waals surface area contributed by atoms with E-state index in [1.165, 1.54) is 0 Å². The van der Waals surface area contributed by atoms with Gasteiger partial charge in [0.15, 0.2) is 5.76 Å². The van der Waals surface area contributed by atoms with Crippen molar-refractivity contribution in [2.75, 3.05) is 40.3 Å². The Morgan fingerprint density at radius 1 is 1.21 bits per heavy atom. The number of amides is 2. The van der Waals surface area contributed by atoms with Gasteiger partial charge < -0.3 is 14.2 Å². The van der Waals surface area contributed by atoms with Crippen molar-refractivity contribution >= 4 is 11.8 Å². The number of nitrogens with zero attached hydrogens (tertiary/aromatic N) is 5. The number of likely N-dealkylation sites (tertiary alicyclic amines) is 1. The summed E-state index contributed by atoms with van der Waals surface area (Å²) in [6.07, 6.45) is 5.75. The van der Waals surface area contributed by atoms with Crippen LogP contribution in [0.25, 0.3) is 0 Å². The van der Waals surface area contributed by atoms with Crippen molar-refractivity contribution in [3.63, 3.8) is 0 Å². The van der Waals surface area contributed by atoms with Gasteiger partial charge in [0.2, 0.25) is 5.91 Å². The molecule has 1 unspecified atom stereocenters. The zero-order valence-electron chi connectivity index (χ0n) is 16.5. The number of hydrogen-bond acceptors (Lipinski definition) is 5. The first-order valence-corrected chi connectivity index (χ1v) is 9.77. The van der Waals surface area contributed by atoms with Crippen LogP contribution < -0.4 is 0 Å². The summed E-state index contributed by atoms with van der Waals surface area (Å²) < 4.78 is 7.57. The fourth-order valence-electron chi connectivity index (χ4n) is 4.22. The van der Waals surface area contributed by atoms with Crippen LogP contribution >= 0.6 is 0 Å². The van der Waals surface area contributed by atoms with Crippen LogP contribution in [0.3, 0.4) is 0 Å². The minimum Gasteiger partial charge on any atom is -0.454 e. The molecule has 2 aliphatic rings. The van der Waals surface area contributed by atoms with E-state index in [2.05, 4.69) is 17.0 Å². The Labute approximate surface area is 164 Å². The molecule has 1 spiro atoms. The summed E-state index contributed by atoms with van der Waals surface area (Å²) in [5.74, 6) is 1.17. The maximum absolute atomic E-state index is 13.1. The first-order valence-electron chi connectivity index (χ1n) is 9.77. The number of carbonyl (C=O) groups is 2. The van der Waals surface area contributed by atoms with Crippen LogP contribution in [0, 0.1) is 0 Å². The lowest BCUT2D eigenvalue weighted by molar-refractivity contribution is -0.129. The normalized spacial score (nSPS) is 24.0. The molecule has 1 atom stereocenters. The van der Waals surface area contributed by atoms with E-state index in [1.807, 2.05) is 30.3 Å². The fourth-order valence-corrected chi connectivity index (χ4v) is 4.22. The van der Waals surface area contributed by atoms with E-state index in [-0.39, 0.29) is 17.4 Å². The molecule has 0 N–H and O–H groups in total. The number of carbonyl (C=O) groups excluding carboxylic acids is 2. The minimum atomic E-state index is -0.154. The predicted molar refractivity (Wildman–Crippen MR) is 103 cm³/mol. The third-order valence-corrected chi connectivity index (χ3v) is 6.18. The molecule has 8 heteroatoms. The summed E-state index contributed by atoms with van der Waals surface area (Å²) in [7, 11) is 3.96. The largest absolute Gasteiger partial charge is 0.454 e. The summed E-state index contributed by atoms with van der Waals surface area (Å²) >= 11 is 0. The number of furan rings is 1. The molecule has 28 heavy (non-hydrogen) atoms. The van der Waals surface area contributed by atoms with Crippen molar-refractivity contribution in [1.82, 2.24) is 24.5 Å². The minimum absolute atomic E-state index is 0.0804. The van der Waals surface area contributed by atoms with Crippen LogP contribution in [-0.4, -0.2) is 82.1 Å². The Kier molecular flexibility index (Phi) is 4.97. The van der Waals surface area contributed by atoms with Crippen molar-refractivity contribution in [1.29, 1.82) is 0 Å². The Hall–Kier alpha value is -2.61.